The lowest BCUT2D eigenvalue weighted by Gasteiger charge is -2.40. The Morgan fingerprint density at radius 2 is 2.11 bits per heavy atom. The maximum absolute atomic E-state index is 14.0. The monoisotopic (exact) mass is 253 g/mol. The Morgan fingerprint density at radius 3 is 2.72 bits per heavy atom. The van der Waals surface area contributed by atoms with E-state index < -0.39 is 0 Å². The molecule has 5 heteroatoms. The van der Waals surface area contributed by atoms with Gasteiger partial charge in [0, 0.05) is 37.8 Å². The molecule has 0 aliphatic carbocycles. The van der Waals surface area contributed by atoms with Gasteiger partial charge >= 0.3 is 0 Å². The van der Waals surface area contributed by atoms with E-state index in [1.54, 1.807) is 13.2 Å². The third kappa shape index (κ3) is 2.36. The number of benzene rings is 1. The van der Waals surface area contributed by atoms with E-state index in [0.717, 1.165) is 19.6 Å². The summed E-state index contributed by atoms with van der Waals surface area (Å²) in [5.41, 5.74) is 6.60. The van der Waals surface area contributed by atoms with E-state index in [0.29, 0.717) is 17.1 Å². The van der Waals surface area contributed by atoms with Gasteiger partial charge in [-0.15, -0.1) is 0 Å². The molecule has 0 radical (unpaired) electrons. The van der Waals surface area contributed by atoms with Gasteiger partial charge in [-0.2, -0.15) is 0 Å². The van der Waals surface area contributed by atoms with Crippen LogP contribution >= 0.6 is 0 Å². The molecule has 2 rings (SSSR count). The topological polar surface area (TPSA) is 41.7 Å². The number of nitrogens with two attached hydrogens (primary N) is 1. The van der Waals surface area contributed by atoms with Crippen LogP contribution in [-0.2, 0) is 0 Å². The van der Waals surface area contributed by atoms with Gasteiger partial charge in [-0.05, 0) is 14.0 Å². The van der Waals surface area contributed by atoms with Crippen molar-refractivity contribution in [3.8, 4) is 5.75 Å². The van der Waals surface area contributed by atoms with Crippen LogP contribution in [0.2, 0.25) is 0 Å². The Hall–Kier alpha value is -1.49. The summed E-state index contributed by atoms with van der Waals surface area (Å²) in [5.74, 6) is 0.238. The smallest absolute Gasteiger partial charge is 0.148 e. The lowest BCUT2D eigenvalue weighted by Crippen LogP contribution is -2.50. The number of likely N-dealkylation sites (N-methyl/N-ethyl adjacent to an activating group) is 1. The Kier molecular flexibility index (Phi) is 3.61. The van der Waals surface area contributed by atoms with Crippen LogP contribution in [0.1, 0.15) is 6.92 Å². The zero-order chi connectivity index (χ0) is 13.3. The SMILES string of the molecule is COc1cc(N2CCN(C)CC2C)c(F)cc1N. The lowest BCUT2D eigenvalue weighted by atomic mass is 10.1. The molecule has 4 nitrogen and oxygen atoms in total. The van der Waals surface area contributed by atoms with Crippen molar-refractivity contribution in [1.82, 2.24) is 4.90 Å². The number of methoxy groups -OCH3 is 1. The summed E-state index contributed by atoms with van der Waals surface area (Å²) in [6, 6.07) is 3.29. The van der Waals surface area contributed by atoms with Crippen LogP contribution in [0.25, 0.3) is 0 Å². The molecule has 0 bridgehead atoms. The van der Waals surface area contributed by atoms with Gasteiger partial charge in [0.2, 0.25) is 0 Å². The number of nitrogens with zero attached hydrogens (tertiary/aromatic N) is 2. The summed E-state index contributed by atoms with van der Waals surface area (Å²) >= 11 is 0. The first-order valence-electron chi connectivity index (χ1n) is 6.11. The second-order valence-electron chi connectivity index (χ2n) is 4.85. The zero-order valence-electron chi connectivity index (χ0n) is 11.1. The third-order valence-electron chi connectivity index (χ3n) is 3.44. The van der Waals surface area contributed by atoms with Gasteiger partial charge in [-0.25, -0.2) is 4.39 Å². The highest BCUT2D eigenvalue weighted by Crippen LogP contribution is 2.32. The molecule has 1 unspecified atom stereocenters. The van der Waals surface area contributed by atoms with Crippen LogP contribution < -0.4 is 15.4 Å². The molecule has 0 amide bonds. The highest BCUT2D eigenvalue weighted by Gasteiger charge is 2.24. The van der Waals surface area contributed by atoms with Gasteiger partial charge in [0.1, 0.15) is 11.6 Å². The second-order valence-corrected chi connectivity index (χ2v) is 4.85. The average molecular weight is 253 g/mol. The van der Waals surface area contributed by atoms with Gasteiger partial charge < -0.3 is 20.3 Å². The summed E-state index contributed by atoms with van der Waals surface area (Å²) in [6.07, 6.45) is 0. The van der Waals surface area contributed by atoms with Crippen LogP contribution in [0, 0.1) is 5.82 Å². The first kappa shape index (κ1) is 13.0. The maximum Gasteiger partial charge on any atom is 0.148 e. The van der Waals surface area contributed by atoms with Crippen LogP contribution in [0.5, 0.6) is 5.75 Å². The van der Waals surface area contributed by atoms with Gasteiger partial charge in [-0.3, -0.25) is 0 Å². The first-order valence-corrected chi connectivity index (χ1v) is 6.11. The zero-order valence-corrected chi connectivity index (χ0v) is 11.1. The largest absolute Gasteiger partial charge is 0.495 e. The van der Waals surface area contributed by atoms with Gasteiger partial charge in [0.25, 0.3) is 0 Å². The highest BCUT2D eigenvalue weighted by atomic mass is 19.1. The molecular formula is C13H20FN3O. The number of piperazine rings is 1. The number of halogens is 1. The summed E-state index contributed by atoms with van der Waals surface area (Å²) in [7, 11) is 3.62. The molecule has 1 fully saturated rings. The van der Waals surface area contributed by atoms with Crippen LogP contribution in [-0.4, -0.2) is 44.7 Å². The predicted molar refractivity (Wildman–Crippen MR) is 71.7 cm³/mol. The minimum Gasteiger partial charge on any atom is -0.495 e. The van der Waals surface area contributed by atoms with E-state index in [1.165, 1.54) is 6.07 Å². The van der Waals surface area contributed by atoms with Crippen molar-refractivity contribution in [1.29, 1.82) is 0 Å². The third-order valence-corrected chi connectivity index (χ3v) is 3.44. The fourth-order valence-corrected chi connectivity index (χ4v) is 2.45. The molecule has 1 saturated heterocycles. The molecule has 0 aromatic heterocycles. The summed E-state index contributed by atoms with van der Waals surface area (Å²) in [5, 5.41) is 0. The number of nitrogen functional groups attached to an aromatic ring is 1. The molecule has 100 valence electrons. The second kappa shape index (κ2) is 5.02. The molecule has 1 aromatic rings. The van der Waals surface area contributed by atoms with E-state index in [9.17, 15) is 4.39 Å². The average Bonchev–Trinajstić information content (AvgIpc) is 2.30. The van der Waals surface area contributed by atoms with E-state index in [4.69, 9.17) is 10.5 Å². The van der Waals surface area contributed by atoms with Crippen LogP contribution in [0.3, 0.4) is 0 Å². The number of hydrogen-bond acceptors (Lipinski definition) is 4. The standard InChI is InChI=1S/C13H20FN3O/c1-9-8-16(2)4-5-17(9)12-7-13(18-3)11(15)6-10(12)14/h6-7,9H,4-5,8,15H2,1-3H3. The van der Waals surface area contributed by atoms with Crippen LogP contribution in [0.4, 0.5) is 15.8 Å². The fourth-order valence-electron chi connectivity index (χ4n) is 2.45. The van der Waals surface area contributed by atoms with E-state index >= 15 is 0 Å². The molecule has 1 aliphatic heterocycles. The fraction of sp³-hybridized carbons (Fsp3) is 0.538. The molecule has 0 spiro atoms. The van der Waals surface area contributed by atoms with Gasteiger partial charge in [0.15, 0.2) is 0 Å². The number of hydrogen-bond donors (Lipinski definition) is 1. The summed E-state index contributed by atoms with van der Waals surface area (Å²) in [4.78, 5) is 4.31. The van der Waals surface area contributed by atoms with Gasteiger partial charge in [0.05, 0.1) is 18.5 Å². The Labute approximate surface area is 107 Å². The quantitative estimate of drug-likeness (QED) is 0.812. The number of ether oxygens (including phenoxy) is 1. The Bertz CT molecular complexity index is 438. The molecular weight excluding hydrogens is 233 g/mol. The van der Waals surface area contributed by atoms with Crippen molar-refractivity contribution in [2.45, 2.75) is 13.0 Å². The van der Waals surface area contributed by atoms with Crippen molar-refractivity contribution >= 4 is 11.4 Å². The Morgan fingerprint density at radius 1 is 1.39 bits per heavy atom. The molecule has 1 aromatic carbocycles. The molecule has 1 heterocycles. The van der Waals surface area contributed by atoms with Crippen molar-refractivity contribution in [3.63, 3.8) is 0 Å². The van der Waals surface area contributed by atoms with Gasteiger partial charge in [-0.1, -0.05) is 0 Å². The minimum atomic E-state index is -0.287. The molecule has 1 atom stereocenters. The van der Waals surface area contributed by atoms with Crippen molar-refractivity contribution in [3.05, 3.63) is 17.9 Å². The Balaban J connectivity index is 2.32. The predicted octanol–water partition coefficient (Wildman–Crippen LogP) is 1.56. The first-order chi connectivity index (χ1) is 8.52. The minimum absolute atomic E-state index is 0.270. The molecule has 18 heavy (non-hydrogen) atoms. The molecule has 1 aliphatic rings. The normalized spacial score (nSPS) is 21.1. The van der Waals surface area contributed by atoms with Crippen molar-refractivity contribution in [2.24, 2.45) is 0 Å². The summed E-state index contributed by atoms with van der Waals surface area (Å²) < 4.78 is 19.2. The van der Waals surface area contributed by atoms with E-state index in [2.05, 4.69) is 23.8 Å². The number of rotatable bonds is 2. The van der Waals surface area contributed by atoms with Crippen LogP contribution in [0.15, 0.2) is 12.1 Å². The van der Waals surface area contributed by atoms with E-state index in [1.807, 2.05) is 0 Å². The number of anilines is 2. The maximum atomic E-state index is 14.0. The van der Waals surface area contributed by atoms with E-state index in [-0.39, 0.29) is 11.9 Å². The van der Waals surface area contributed by atoms with Crippen molar-refractivity contribution < 1.29 is 9.13 Å². The van der Waals surface area contributed by atoms with Crippen molar-refractivity contribution in [2.75, 3.05) is 44.4 Å². The summed E-state index contributed by atoms with van der Waals surface area (Å²) in [6.45, 7) is 4.75. The highest BCUT2D eigenvalue weighted by molar-refractivity contribution is 5.63. The molecule has 2 N–H and O–H groups in total. The molecule has 0 saturated carbocycles. The lowest BCUT2D eigenvalue weighted by molar-refractivity contribution is 0.274.